The first kappa shape index (κ1) is 14.1. The standard InChI is InChI=1S/C12H13BrN4OS/c1-7(19-12-14-8(2)16-17-12)11(18)15-10-5-3-9(13)4-6-10/h3-7H,1-2H3,(H,15,18)(H,14,16,17)/t7-/m0/s1. The lowest BCUT2D eigenvalue weighted by Crippen LogP contribution is -2.22. The number of aryl methyl sites for hydroxylation is 1. The maximum atomic E-state index is 12.0. The van der Waals surface area contributed by atoms with Crippen molar-refractivity contribution >= 4 is 39.3 Å². The molecule has 100 valence electrons. The molecule has 1 amide bonds. The zero-order valence-electron chi connectivity index (χ0n) is 10.5. The Morgan fingerprint density at radius 1 is 1.42 bits per heavy atom. The molecule has 0 radical (unpaired) electrons. The van der Waals surface area contributed by atoms with Crippen LogP contribution in [0, 0.1) is 6.92 Å². The highest BCUT2D eigenvalue weighted by atomic mass is 79.9. The summed E-state index contributed by atoms with van der Waals surface area (Å²) in [6, 6.07) is 7.45. The molecule has 0 saturated carbocycles. The van der Waals surface area contributed by atoms with Crippen LogP contribution in [0.5, 0.6) is 0 Å². The SMILES string of the molecule is Cc1nc(S[C@@H](C)C(=O)Nc2ccc(Br)cc2)n[nH]1. The number of rotatable bonds is 4. The second-order valence-electron chi connectivity index (χ2n) is 3.96. The first-order chi connectivity index (χ1) is 9.04. The Labute approximate surface area is 123 Å². The second kappa shape index (κ2) is 6.21. The van der Waals surface area contributed by atoms with Crippen LogP contribution in [0.3, 0.4) is 0 Å². The summed E-state index contributed by atoms with van der Waals surface area (Å²) >= 11 is 4.67. The summed E-state index contributed by atoms with van der Waals surface area (Å²) in [5.41, 5.74) is 0.770. The van der Waals surface area contributed by atoms with E-state index in [4.69, 9.17) is 0 Å². The number of aromatic nitrogens is 3. The van der Waals surface area contributed by atoms with Crippen LogP contribution in [0.15, 0.2) is 33.9 Å². The van der Waals surface area contributed by atoms with Crippen molar-refractivity contribution in [2.24, 2.45) is 0 Å². The monoisotopic (exact) mass is 340 g/mol. The number of hydrogen-bond acceptors (Lipinski definition) is 4. The van der Waals surface area contributed by atoms with E-state index in [0.717, 1.165) is 16.0 Å². The Kier molecular flexibility index (Phi) is 4.60. The minimum absolute atomic E-state index is 0.0743. The number of benzene rings is 1. The molecule has 19 heavy (non-hydrogen) atoms. The molecule has 2 aromatic rings. The Morgan fingerprint density at radius 3 is 2.68 bits per heavy atom. The van der Waals surface area contributed by atoms with Gasteiger partial charge in [0, 0.05) is 10.2 Å². The van der Waals surface area contributed by atoms with Gasteiger partial charge in [0.15, 0.2) is 0 Å². The zero-order valence-corrected chi connectivity index (χ0v) is 12.9. The second-order valence-corrected chi connectivity index (χ2v) is 6.18. The molecule has 5 nitrogen and oxygen atoms in total. The number of nitrogens with one attached hydrogen (secondary N) is 2. The summed E-state index contributed by atoms with van der Waals surface area (Å²) in [7, 11) is 0. The first-order valence-electron chi connectivity index (χ1n) is 5.66. The fourth-order valence-electron chi connectivity index (χ4n) is 1.36. The van der Waals surface area contributed by atoms with Crippen LogP contribution in [-0.2, 0) is 4.79 Å². The lowest BCUT2D eigenvalue weighted by atomic mass is 10.3. The van der Waals surface area contributed by atoms with Crippen LogP contribution in [0.4, 0.5) is 5.69 Å². The van der Waals surface area contributed by atoms with Crippen LogP contribution in [-0.4, -0.2) is 26.3 Å². The third-order valence-corrected chi connectivity index (χ3v) is 3.83. The van der Waals surface area contributed by atoms with Gasteiger partial charge in [-0.1, -0.05) is 27.7 Å². The predicted molar refractivity (Wildman–Crippen MR) is 79.2 cm³/mol. The highest BCUT2D eigenvalue weighted by molar-refractivity contribution is 9.10. The Hall–Kier alpha value is -1.34. The average molecular weight is 341 g/mol. The summed E-state index contributed by atoms with van der Waals surface area (Å²) in [6.45, 7) is 3.65. The summed E-state index contributed by atoms with van der Waals surface area (Å²) in [6.07, 6.45) is 0. The molecule has 1 aromatic carbocycles. The fourth-order valence-corrected chi connectivity index (χ4v) is 2.40. The highest BCUT2D eigenvalue weighted by Gasteiger charge is 2.16. The summed E-state index contributed by atoms with van der Waals surface area (Å²) in [4.78, 5) is 16.2. The minimum atomic E-state index is -0.265. The molecule has 0 aliphatic carbocycles. The van der Waals surface area contributed by atoms with Gasteiger partial charge in [0.2, 0.25) is 11.1 Å². The molecule has 1 atom stereocenters. The number of amides is 1. The van der Waals surface area contributed by atoms with Gasteiger partial charge < -0.3 is 5.32 Å². The Morgan fingerprint density at radius 2 is 2.11 bits per heavy atom. The molecule has 0 aliphatic rings. The quantitative estimate of drug-likeness (QED) is 0.839. The molecular weight excluding hydrogens is 328 g/mol. The lowest BCUT2D eigenvalue weighted by molar-refractivity contribution is -0.115. The number of hydrogen-bond donors (Lipinski definition) is 2. The topological polar surface area (TPSA) is 70.7 Å². The van der Waals surface area contributed by atoms with E-state index >= 15 is 0 Å². The van der Waals surface area contributed by atoms with E-state index in [1.54, 1.807) is 0 Å². The van der Waals surface area contributed by atoms with E-state index in [9.17, 15) is 4.79 Å². The molecule has 1 aromatic heterocycles. The lowest BCUT2D eigenvalue weighted by Gasteiger charge is -2.10. The summed E-state index contributed by atoms with van der Waals surface area (Å²) in [5, 5.41) is 9.91. The number of aromatic amines is 1. The van der Waals surface area contributed by atoms with Crippen molar-refractivity contribution in [3.63, 3.8) is 0 Å². The molecule has 0 fully saturated rings. The van der Waals surface area contributed by atoms with Gasteiger partial charge in [-0.25, -0.2) is 4.98 Å². The van der Waals surface area contributed by atoms with Gasteiger partial charge in [0.1, 0.15) is 5.82 Å². The average Bonchev–Trinajstić information content (AvgIpc) is 2.77. The molecule has 7 heteroatoms. The minimum Gasteiger partial charge on any atom is -0.325 e. The number of nitrogens with zero attached hydrogens (tertiary/aromatic N) is 2. The fraction of sp³-hybridized carbons (Fsp3) is 0.250. The van der Waals surface area contributed by atoms with E-state index in [0.29, 0.717) is 5.16 Å². The van der Waals surface area contributed by atoms with E-state index in [1.807, 2.05) is 38.1 Å². The van der Waals surface area contributed by atoms with Gasteiger partial charge in [0.05, 0.1) is 5.25 Å². The van der Waals surface area contributed by atoms with E-state index in [-0.39, 0.29) is 11.2 Å². The van der Waals surface area contributed by atoms with Gasteiger partial charge >= 0.3 is 0 Å². The maximum Gasteiger partial charge on any atom is 0.237 e. The largest absolute Gasteiger partial charge is 0.325 e. The van der Waals surface area contributed by atoms with Crippen molar-refractivity contribution in [3.8, 4) is 0 Å². The van der Waals surface area contributed by atoms with Gasteiger partial charge in [-0.15, -0.1) is 5.10 Å². The smallest absolute Gasteiger partial charge is 0.237 e. The van der Waals surface area contributed by atoms with Crippen molar-refractivity contribution < 1.29 is 4.79 Å². The van der Waals surface area contributed by atoms with E-state index in [1.165, 1.54) is 11.8 Å². The molecule has 2 rings (SSSR count). The molecule has 0 unspecified atom stereocenters. The number of carbonyl (C=O) groups is 1. The Balaban J connectivity index is 1.94. The molecule has 2 N–H and O–H groups in total. The van der Waals surface area contributed by atoms with Crippen molar-refractivity contribution in [2.45, 2.75) is 24.3 Å². The molecule has 1 heterocycles. The number of thioether (sulfide) groups is 1. The normalized spacial score (nSPS) is 12.2. The first-order valence-corrected chi connectivity index (χ1v) is 7.34. The van der Waals surface area contributed by atoms with Crippen LogP contribution in [0.25, 0.3) is 0 Å². The molecule has 0 saturated heterocycles. The van der Waals surface area contributed by atoms with Crippen molar-refractivity contribution in [1.29, 1.82) is 0 Å². The third-order valence-electron chi connectivity index (χ3n) is 2.34. The molecular formula is C12H13BrN4OS. The van der Waals surface area contributed by atoms with Gasteiger partial charge in [0.25, 0.3) is 0 Å². The Bertz CT molecular complexity index is 569. The number of anilines is 1. The van der Waals surface area contributed by atoms with Gasteiger partial charge in [-0.2, -0.15) is 0 Å². The number of halogens is 1. The summed E-state index contributed by atoms with van der Waals surface area (Å²) in [5.74, 6) is 0.665. The molecule has 0 bridgehead atoms. The highest BCUT2D eigenvalue weighted by Crippen LogP contribution is 2.21. The predicted octanol–water partition coefficient (Wildman–Crippen LogP) is 2.99. The third kappa shape index (κ3) is 4.07. The van der Waals surface area contributed by atoms with Gasteiger partial charge in [-0.3, -0.25) is 9.89 Å². The van der Waals surface area contributed by atoms with Gasteiger partial charge in [-0.05, 0) is 38.1 Å². The molecule has 0 aliphatic heterocycles. The van der Waals surface area contributed by atoms with Crippen molar-refractivity contribution in [2.75, 3.05) is 5.32 Å². The number of H-pyrrole nitrogens is 1. The zero-order chi connectivity index (χ0) is 13.8. The van der Waals surface area contributed by atoms with Crippen molar-refractivity contribution in [3.05, 3.63) is 34.6 Å². The van der Waals surface area contributed by atoms with Crippen LogP contribution in [0.1, 0.15) is 12.7 Å². The van der Waals surface area contributed by atoms with E-state index < -0.39 is 0 Å². The van der Waals surface area contributed by atoms with E-state index in [2.05, 4.69) is 36.4 Å². The van der Waals surface area contributed by atoms with Crippen LogP contribution >= 0.6 is 27.7 Å². The number of carbonyl (C=O) groups excluding carboxylic acids is 1. The van der Waals surface area contributed by atoms with Crippen molar-refractivity contribution in [1.82, 2.24) is 15.2 Å². The molecule has 0 spiro atoms. The summed E-state index contributed by atoms with van der Waals surface area (Å²) < 4.78 is 0.976. The maximum absolute atomic E-state index is 12.0. The van der Waals surface area contributed by atoms with Crippen LogP contribution in [0.2, 0.25) is 0 Å². The van der Waals surface area contributed by atoms with Crippen LogP contribution < -0.4 is 5.32 Å².